The molecule has 0 aromatic heterocycles. The fourth-order valence-corrected chi connectivity index (χ4v) is 2.60. The normalized spacial score (nSPS) is 23.3. The minimum atomic E-state index is -0.560. The Morgan fingerprint density at radius 3 is 2.96 bits per heavy atom. The number of rotatable bonds is 7. The second kappa shape index (κ2) is 8.05. The van der Waals surface area contributed by atoms with E-state index in [9.17, 15) is 4.79 Å². The largest absolute Gasteiger partial charge is 0.383 e. The first kappa shape index (κ1) is 17.4. The molecule has 0 bridgehead atoms. The Hall–Kier alpha value is -1.96. The molecule has 7 nitrogen and oxygen atoms in total. The minimum absolute atomic E-state index is 0.0557. The number of nitrogens with zero attached hydrogens (tertiary/aromatic N) is 2. The average molecular weight is 320 g/mol. The number of hydroxylamine groups is 1. The molecule has 2 aliphatic heterocycles. The summed E-state index contributed by atoms with van der Waals surface area (Å²) in [5.41, 5.74) is 2.43. The highest BCUT2D eigenvalue weighted by Crippen LogP contribution is 2.26. The predicted octanol–water partition coefficient (Wildman–Crippen LogP) is 0.802. The molecule has 0 radical (unpaired) electrons. The minimum Gasteiger partial charge on any atom is -0.383 e. The van der Waals surface area contributed by atoms with Gasteiger partial charge < -0.3 is 9.64 Å². The molecule has 3 N–H and O–H groups in total. The van der Waals surface area contributed by atoms with Gasteiger partial charge >= 0.3 is 0 Å². The quantitative estimate of drug-likeness (QED) is 0.280. The lowest BCUT2D eigenvalue weighted by atomic mass is 10.0. The third kappa shape index (κ3) is 4.28. The van der Waals surface area contributed by atoms with E-state index in [1.165, 1.54) is 6.08 Å². The molecule has 23 heavy (non-hydrogen) atoms. The van der Waals surface area contributed by atoms with Crippen LogP contribution in [-0.4, -0.2) is 54.3 Å². The van der Waals surface area contributed by atoms with Crippen LogP contribution in [0, 0.1) is 5.92 Å². The summed E-state index contributed by atoms with van der Waals surface area (Å²) in [5.74, 6) is 0.742. The Labute approximate surface area is 136 Å². The van der Waals surface area contributed by atoms with Crippen molar-refractivity contribution in [1.82, 2.24) is 15.7 Å². The number of carbonyl (C=O) groups is 1. The monoisotopic (exact) mass is 320 g/mol. The molecule has 0 saturated carbocycles. The van der Waals surface area contributed by atoms with Gasteiger partial charge in [-0.05, 0) is 29.7 Å². The van der Waals surface area contributed by atoms with Gasteiger partial charge in [-0.15, -0.1) is 0 Å². The van der Waals surface area contributed by atoms with Crippen LogP contribution >= 0.6 is 0 Å². The second-order valence-electron chi connectivity index (χ2n) is 5.79. The van der Waals surface area contributed by atoms with Crippen molar-refractivity contribution in [2.75, 3.05) is 20.3 Å². The Kier molecular flexibility index (Phi) is 6.09. The smallest absolute Gasteiger partial charge is 0.267 e. The lowest BCUT2D eigenvalue weighted by molar-refractivity contribution is -0.124. The highest BCUT2D eigenvalue weighted by Gasteiger charge is 2.36. The van der Waals surface area contributed by atoms with Gasteiger partial charge in [0.2, 0.25) is 0 Å². The van der Waals surface area contributed by atoms with Gasteiger partial charge in [0.05, 0.1) is 12.6 Å². The van der Waals surface area contributed by atoms with Crippen LogP contribution in [0.1, 0.15) is 13.8 Å². The van der Waals surface area contributed by atoms with E-state index in [0.717, 1.165) is 18.0 Å². The van der Waals surface area contributed by atoms with Crippen LogP contribution < -0.4 is 10.8 Å². The second-order valence-corrected chi connectivity index (χ2v) is 5.79. The summed E-state index contributed by atoms with van der Waals surface area (Å²) in [4.78, 5) is 18.0. The third-order valence-corrected chi connectivity index (χ3v) is 3.76. The van der Waals surface area contributed by atoms with Gasteiger partial charge in [-0.1, -0.05) is 13.8 Å². The summed E-state index contributed by atoms with van der Waals surface area (Å²) >= 11 is 0. The maximum atomic E-state index is 11.1. The zero-order chi connectivity index (χ0) is 16.8. The number of carbonyl (C=O) groups excluding carboxylic acids is 1. The Bertz CT molecular complexity index is 552. The predicted molar refractivity (Wildman–Crippen MR) is 87.9 cm³/mol. The molecule has 0 fully saturated rings. The number of hydrogen-bond acceptors (Lipinski definition) is 6. The molecule has 0 spiro atoms. The number of amides is 1. The number of ether oxygens (including phenoxy) is 1. The number of hydrogen-bond donors (Lipinski definition) is 3. The van der Waals surface area contributed by atoms with Gasteiger partial charge in [0.15, 0.2) is 0 Å². The van der Waals surface area contributed by atoms with Crippen molar-refractivity contribution >= 4 is 11.7 Å². The number of aliphatic imine (C=N–C) groups is 1. The van der Waals surface area contributed by atoms with E-state index < -0.39 is 5.91 Å². The molecule has 0 saturated heterocycles. The van der Waals surface area contributed by atoms with Gasteiger partial charge in [0, 0.05) is 25.9 Å². The Balaban J connectivity index is 2.15. The summed E-state index contributed by atoms with van der Waals surface area (Å²) in [6.45, 7) is 5.67. The first-order valence-corrected chi connectivity index (χ1v) is 7.67. The molecular weight excluding hydrogens is 296 g/mol. The van der Waals surface area contributed by atoms with Crippen LogP contribution in [0.25, 0.3) is 0 Å². The zero-order valence-electron chi connectivity index (χ0n) is 13.7. The first-order valence-electron chi connectivity index (χ1n) is 7.67. The summed E-state index contributed by atoms with van der Waals surface area (Å²) < 4.78 is 5.10. The molecule has 2 atom stereocenters. The number of nitrogens with one attached hydrogen (secondary N) is 2. The molecule has 2 aliphatic rings. The maximum Gasteiger partial charge on any atom is 0.267 e. The number of methoxy groups -OCH3 is 1. The third-order valence-electron chi connectivity index (χ3n) is 3.76. The zero-order valence-corrected chi connectivity index (χ0v) is 13.7. The molecule has 2 heterocycles. The highest BCUT2D eigenvalue weighted by molar-refractivity contribution is 5.97. The van der Waals surface area contributed by atoms with Crippen molar-refractivity contribution in [2.24, 2.45) is 10.9 Å². The summed E-state index contributed by atoms with van der Waals surface area (Å²) in [6.07, 6.45) is 8.76. The molecule has 0 aromatic rings. The lowest BCUT2D eigenvalue weighted by Crippen LogP contribution is -2.49. The molecule has 0 aliphatic carbocycles. The molecule has 7 heteroatoms. The van der Waals surface area contributed by atoms with Crippen molar-refractivity contribution in [3.8, 4) is 0 Å². The SMILES string of the molecule is COCCNC1C(C(C)C)N=C2C=CC(/C=C/C(=O)NO)=CN21. The summed E-state index contributed by atoms with van der Waals surface area (Å²) in [6, 6.07) is 0.145. The van der Waals surface area contributed by atoms with Gasteiger partial charge in [0.25, 0.3) is 5.91 Å². The Morgan fingerprint density at radius 1 is 1.52 bits per heavy atom. The van der Waals surface area contributed by atoms with Crippen molar-refractivity contribution < 1.29 is 14.7 Å². The summed E-state index contributed by atoms with van der Waals surface area (Å²) in [5, 5.41) is 12.0. The first-order chi connectivity index (χ1) is 11.1. The molecule has 126 valence electrons. The number of amidine groups is 1. The summed E-state index contributed by atoms with van der Waals surface area (Å²) in [7, 11) is 1.68. The van der Waals surface area contributed by atoms with Crippen LogP contribution in [0.3, 0.4) is 0 Å². The van der Waals surface area contributed by atoms with Crippen LogP contribution in [0.5, 0.6) is 0 Å². The van der Waals surface area contributed by atoms with E-state index in [1.807, 2.05) is 18.4 Å². The standard InChI is InChI=1S/C16H24N4O3/c1-11(2)15-16(17-8-9-23-3)20-10-12(4-6-13(20)18-15)5-7-14(21)19-22/h4-7,10-11,15-17,22H,8-9H2,1-3H3,(H,19,21)/b7-5+. The fraction of sp³-hybridized carbons (Fsp3) is 0.500. The average Bonchev–Trinajstić information content (AvgIpc) is 2.91. The highest BCUT2D eigenvalue weighted by atomic mass is 16.5. The van der Waals surface area contributed by atoms with Crippen LogP contribution in [-0.2, 0) is 9.53 Å². The lowest BCUT2D eigenvalue weighted by Gasteiger charge is -2.31. The van der Waals surface area contributed by atoms with Crippen LogP contribution in [0.15, 0.2) is 41.1 Å². The van der Waals surface area contributed by atoms with E-state index in [2.05, 4.69) is 24.1 Å². The molecular formula is C16H24N4O3. The molecule has 1 amide bonds. The van der Waals surface area contributed by atoms with Gasteiger partial charge in [-0.25, -0.2) is 5.48 Å². The van der Waals surface area contributed by atoms with E-state index in [0.29, 0.717) is 12.5 Å². The van der Waals surface area contributed by atoms with E-state index in [4.69, 9.17) is 14.9 Å². The van der Waals surface area contributed by atoms with Crippen molar-refractivity contribution in [2.45, 2.75) is 26.1 Å². The van der Waals surface area contributed by atoms with Crippen molar-refractivity contribution in [3.05, 3.63) is 36.1 Å². The molecule has 2 unspecified atom stereocenters. The maximum absolute atomic E-state index is 11.1. The number of fused-ring (bicyclic) bond motifs is 1. The van der Waals surface area contributed by atoms with E-state index in [1.54, 1.807) is 18.7 Å². The van der Waals surface area contributed by atoms with Crippen molar-refractivity contribution in [3.63, 3.8) is 0 Å². The fourth-order valence-electron chi connectivity index (χ4n) is 2.60. The van der Waals surface area contributed by atoms with Crippen molar-refractivity contribution in [1.29, 1.82) is 0 Å². The van der Waals surface area contributed by atoms with Crippen LogP contribution in [0.2, 0.25) is 0 Å². The molecule has 2 rings (SSSR count). The Morgan fingerprint density at radius 2 is 2.30 bits per heavy atom. The van der Waals surface area contributed by atoms with E-state index >= 15 is 0 Å². The number of allylic oxidation sites excluding steroid dienone is 3. The van der Waals surface area contributed by atoms with Gasteiger partial charge in [-0.3, -0.25) is 20.3 Å². The topological polar surface area (TPSA) is 86.2 Å². The van der Waals surface area contributed by atoms with Crippen LogP contribution in [0.4, 0.5) is 0 Å². The van der Waals surface area contributed by atoms with Gasteiger partial charge in [0.1, 0.15) is 12.0 Å². The van der Waals surface area contributed by atoms with E-state index in [-0.39, 0.29) is 12.2 Å². The molecule has 0 aromatic carbocycles. The van der Waals surface area contributed by atoms with Gasteiger partial charge in [-0.2, -0.15) is 0 Å².